The lowest BCUT2D eigenvalue weighted by atomic mass is 9.97. The van der Waals surface area contributed by atoms with Crippen LogP contribution in [-0.4, -0.2) is 59.4 Å². The fourth-order valence-corrected chi connectivity index (χ4v) is 3.90. The van der Waals surface area contributed by atoms with Gasteiger partial charge in [-0.3, -0.25) is 0 Å². The third kappa shape index (κ3) is 5.02. The highest BCUT2D eigenvalue weighted by Gasteiger charge is 2.21. The van der Waals surface area contributed by atoms with E-state index in [0.717, 1.165) is 23.4 Å². The van der Waals surface area contributed by atoms with Crippen molar-refractivity contribution in [3.8, 4) is 17.3 Å². The fraction of sp³-hybridized carbons (Fsp3) is 0.292. The number of nitrogens with one attached hydrogen (secondary N) is 1. The van der Waals surface area contributed by atoms with Crippen LogP contribution < -0.4 is 9.64 Å². The number of anilines is 1. The van der Waals surface area contributed by atoms with Gasteiger partial charge >= 0.3 is 5.97 Å². The number of fused-ring (bicyclic) bond motifs is 1. The second kappa shape index (κ2) is 9.64. The second-order valence-electron chi connectivity index (χ2n) is 7.86. The Balaban J connectivity index is 1.55. The van der Waals surface area contributed by atoms with E-state index in [1.165, 1.54) is 0 Å². The summed E-state index contributed by atoms with van der Waals surface area (Å²) >= 11 is 6.52. The van der Waals surface area contributed by atoms with Crippen LogP contribution in [-0.2, 0) is 9.53 Å². The van der Waals surface area contributed by atoms with Gasteiger partial charge in [-0.2, -0.15) is 4.98 Å². The van der Waals surface area contributed by atoms with Crippen LogP contribution in [0.5, 0.6) is 6.01 Å². The number of aromatic amines is 1. The van der Waals surface area contributed by atoms with E-state index in [1.807, 2.05) is 37.4 Å². The summed E-state index contributed by atoms with van der Waals surface area (Å²) in [6.07, 6.45) is 3.57. The minimum Gasteiger partial charge on any atom is -0.478 e. The van der Waals surface area contributed by atoms with Crippen molar-refractivity contribution in [3.63, 3.8) is 0 Å². The number of ether oxygens (including phenoxy) is 2. The van der Waals surface area contributed by atoms with E-state index in [-0.39, 0.29) is 11.6 Å². The van der Waals surface area contributed by atoms with Gasteiger partial charge in [-0.1, -0.05) is 29.8 Å². The molecule has 0 saturated carbocycles. The number of imidazole rings is 1. The fourth-order valence-electron chi connectivity index (χ4n) is 3.64. The molecular formula is C24H25ClN4O4. The van der Waals surface area contributed by atoms with Crippen LogP contribution in [0.2, 0.25) is 5.02 Å². The molecule has 0 radical (unpaired) electrons. The van der Waals surface area contributed by atoms with Gasteiger partial charge in [-0.15, -0.1) is 0 Å². The molecule has 8 nitrogen and oxygen atoms in total. The zero-order valence-corrected chi connectivity index (χ0v) is 19.4. The van der Waals surface area contributed by atoms with Crippen LogP contribution in [0.15, 0.2) is 53.6 Å². The molecule has 1 aliphatic carbocycles. The zero-order chi connectivity index (χ0) is 23.5. The Morgan fingerprint density at radius 2 is 2.06 bits per heavy atom. The summed E-state index contributed by atoms with van der Waals surface area (Å²) in [5.41, 5.74) is 4.63. The lowest BCUT2D eigenvalue weighted by molar-refractivity contribution is -0.132. The highest BCUT2D eigenvalue weighted by Crippen LogP contribution is 2.31. The maximum Gasteiger partial charge on any atom is 0.335 e. The number of halogens is 1. The molecule has 1 aliphatic rings. The summed E-state index contributed by atoms with van der Waals surface area (Å²) in [5, 5.41) is 9.83. The summed E-state index contributed by atoms with van der Waals surface area (Å²) in [4.78, 5) is 25.6. The summed E-state index contributed by atoms with van der Waals surface area (Å²) in [6, 6.07) is 9.99. The molecule has 3 aromatic rings. The van der Waals surface area contributed by atoms with Crippen molar-refractivity contribution in [3.05, 3.63) is 58.7 Å². The average molecular weight is 469 g/mol. The molecule has 4 rings (SSSR count). The first-order valence-electron chi connectivity index (χ1n) is 10.5. The number of H-pyrrole nitrogens is 1. The van der Waals surface area contributed by atoms with E-state index < -0.39 is 12.1 Å². The summed E-state index contributed by atoms with van der Waals surface area (Å²) in [6.45, 7) is 3.21. The van der Waals surface area contributed by atoms with Gasteiger partial charge in [0.1, 0.15) is 6.10 Å². The number of likely N-dealkylation sites (N-methyl/N-ethyl adjacent to an activating group) is 1. The molecule has 2 N–H and O–H groups in total. The van der Waals surface area contributed by atoms with E-state index in [4.69, 9.17) is 21.1 Å². The number of pyridine rings is 1. The van der Waals surface area contributed by atoms with Gasteiger partial charge < -0.3 is 24.5 Å². The van der Waals surface area contributed by atoms with Crippen molar-refractivity contribution in [1.29, 1.82) is 0 Å². The van der Waals surface area contributed by atoms with Gasteiger partial charge in [0.15, 0.2) is 5.65 Å². The van der Waals surface area contributed by atoms with Gasteiger partial charge in [-0.05, 0) is 36.8 Å². The molecule has 1 aromatic carbocycles. The number of carbonyl (C=O) groups is 1. The molecule has 33 heavy (non-hydrogen) atoms. The van der Waals surface area contributed by atoms with E-state index in [9.17, 15) is 9.90 Å². The Labute approximate surface area is 196 Å². The van der Waals surface area contributed by atoms with E-state index in [0.29, 0.717) is 34.9 Å². The zero-order valence-electron chi connectivity index (χ0n) is 18.6. The molecule has 0 spiro atoms. The molecule has 0 saturated heterocycles. The first kappa shape index (κ1) is 22.8. The Morgan fingerprint density at radius 1 is 1.30 bits per heavy atom. The predicted octanol–water partition coefficient (Wildman–Crippen LogP) is 4.47. The molecule has 0 amide bonds. The number of methoxy groups -OCH3 is 1. The van der Waals surface area contributed by atoms with Gasteiger partial charge in [-0.25, -0.2) is 9.78 Å². The van der Waals surface area contributed by atoms with Crippen LogP contribution >= 0.6 is 11.6 Å². The molecule has 0 fully saturated rings. The van der Waals surface area contributed by atoms with Crippen LogP contribution in [0, 0.1) is 0 Å². The first-order valence-corrected chi connectivity index (χ1v) is 10.9. The number of aromatic nitrogens is 3. The van der Waals surface area contributed by atoms with Crippen molar-refractivity contribution in [2.24, 2.45) is 0 Å². The van der Waals surface area contributed by atoms with Crippen molar-refractivity contribution in [1.82, 2.24) is 15.0 Å². The minimum absolute atomic E-state index is 0.238. The number of benzene rings is 1. The average Bonchev–Trinajstić information content (AvgIpc) is 3.19. The largest absolute Gasteiger partial charge is 0.478 e. The molecular weight excluding hydrogens is 444 g/mol. The van der Waals surface area contributed by atoms with E-state index >= 15 is 0 Å². The molecule has 172 valence electrons. The summed E-state index contributed by atoms with van der Waals surface area (Å²) < 4.78 is 11.0. The maximum absolute atomic E-state index is 11.4. The van der Waals surface area contributed by atoms with Crippen molar-refractivity contribution in [2.45, 2.75) is 19.4 Å². The van der Waals surface area contributed by atoms with E-state index in [2.05, 4.69) is 19.9 Å². The number of aliphatic carboxylic acids is 1. The van der Waals surface area contributed by atoms with Gasteiger partial charge in [0.05, 0.1) is 28.4 Å². The number of hydrogen-bond acceptors (Lipinski definition) is 6. The van der Waals surface area contributed by atoms with Gasteiger partial charge in [0.2, 0.25) is 0 Å². The number of carboxylic acid groups (broad SMARTS) is 1. The number of nitrogens with zero attached hydrogens (tertiary/aromatic N) is 3. The molecule has 2 heterocycles. The molecule has 0 aliphatic heterocycles. The standard InChI is InChI=1S/C24H25ClN4O4/c1-14-4-9-17(12-18(14)23(30)31)33-24-26-20-13-19(25)21(27-22(20)28-24)15-5-7-16(8-6-15)29(2)10-11-32-3/h4-8,12-13,17H,9-11H2,1-3H3,(H,30,31)(H,26,27,28). The van der Waals surface area contributed by atoms with Crippen molar-refractivity contribution in [2.75, 3.05) is 32.2 Å². The third-order valence-electron chi connectivity index (χ3n) is 5.54. The smallest absolute Gasteiger partial charge is 0.335 e. The Morgan fingerprint density at radius 3 is 2.76 bits per heavy atom. The molecule has 0 bridgehead atoms. The summed E-state index contributed by atoms with van der Waals surface area (Å²) in [7, 11) is 3.69. The highest BCUT2D eigenvalue weighted by molar-refractivity contribution is 6.33. The normalized spacial score (nSPS) is 15.8. The van der Waals surface area contributed by atoms with Gasteiger partial charge in [0, 0.05) is 38.4 Å². The molecule has 2 aromatic heterocycles. The Hall–Kier alpha value is -3.36. The van der Waals surface area contributed by atoms with Crippen molar-refractivity contribution < 1.29 is 19.4 Å². The SMILES string of the molecule is COCCN(C)c1ccc(-c2nc3nc(OC4C=C(C(=O)O)C(C)=CC4)[nH]c3cc2Cl)cc1. The van der Waals surface area contributed by atoms with Gasteiger partial charge in [0.25, 0.3) is 6.01 Å². The second-order valence-corrected chi connectivity index (χ2v) is 8.26. The molecule has 1 atom stereocenters. The maximum atomic E-state index is 11.4. The predicted molar refractivity (Wildman–Crippen MR) is 128 cm³/mol. The minimum atomic E-state index is -0.976. The quantitative estimate of drug-likeness (QED) is 0.503. The topological polar surface area (TPSA) is 101 Å². The number of carboxylic acids is 1. The van der Waals surface area contributed by atoms with Crippen LogP contribution in [0.4, 0.5) is 5.69 Å². The third-order valence-corrected chi connectivity index (χ3v) is 5.83. The van der Waals surface area contributed by atoms with Crippen molar-refractivity contribution >= 4 is 34.4 Å². The van der Waals surface area contributed by atoms with E-state index in [1.54, 1.807) is 26.2 Å². The monoisotopic (exact) mass is 468 g/mol. The lowest BCUT2D eigenvalue weighted by Crippen LogP contribution is -2.21. The Bertz CT molecular complexity index is 1230. The first-order chi connectivity index (χ1) is 15.9. The number of rotatable bonds is 8. The molecule has 9 heteroatoms. The van der Waals surface area contributed by atoms with Crippen LogP contribution in [0.3, 0.4) is 0 Å². The number of hydrogen-bond donors (Lipinski definition) is 2. The highest BCUT2D eigenvalue weighted by atomic mass is 35.5. The lowest BCUT2D eigenvalue weighted by Gasteiger charge is -2.19. The van der Waals surface area contributed by atoms with Crippen LogP contribution in [0.25, 0.3) is 22.4 Å². The van der Waals surface area contributed by atoms with Crippen LogP contribution in [0.1, 0.15) is 13.3 Å². The Kier molecular flexibility index (Phi) is 6.67. The summed E-state index contributed by atoms with van der Waals surface area (Å²) in [5.74, 6) is -0.976. The molecule has 1 unspecified atom stereocenters.